The number of thioether (sulfide) groups is 1. The van der Waals surface area contributed by atoms with Crippen LogP contribution in [0.3, 0.4) is 0 Å². The summed E-state index contributed by atoms with van der Waals surface area (Å²) >= 11 is 1.66. The average molecular weight is 230 g/mol. The second kappa shape index (κ2) is 3.79. The van der Waals surface area contributed by atoms with Crippen molar-refractivity contribution in [3.63, 3.8) is 0 Å². The molecule has 0 saturated heterocycles. The van der Waals surface area contributed by atoms with Gasteiger partial charge in [-0.2, -0.15) is 4.98 Å². The van der Waals surface area contributed by atoms with Gasteiger partial charge in [0.15, 0.2) is 5.16 Å². The van der Waals surface area contributed by atoms with Crippen LogP contribution in [0.25, 0.3) is 0 Å². The lowest BCUT2D eigenvalue weighted by atomic mass is 10.1. The van der Waals surface area contributed by atoms with Gasteiger partial charge in [0.2, 0.25) is 0 Å². The van der Waals surface area contributed by atoms with E-state index in [0.717, 1.165) is 11.7 Å². The minimum absolute atomic E-state index is 0.160. The summed E-state index contributed by atoms with van der Waals surface area (Å²) in [4.78, 5) is 15.1. The molecule has 2 aromatic rings. The van der Waals surface area contributed by atoms with E-state index in [4.69, 9.17) is 0 Å². The molecule has 16 heavy (non-hydrogen) atoms. The van der Waals surface area contributed by atoms with Crippen LogP contribution in [0, 0.1) is 0 Å². The van der Waals surface area contributed by atoms with Gasteiger partial charge < -0.3 is 4.57 Å². The van der Waals surface area contributed by atoms with Gasteiger partial charge in [-0.3, -0.25) is 4.79 Å². The van der Waals surface area contributed by atoms with Crippen molar-refractivity contribution in [2.75, 3.05) is 0 Å². The number of hydrogen-bond acceptors (Lipinski definition) is 3. The fraction of sp³-hybridized carbons (Fsp3) is 0.167. The fourth-order valence-electron chi connectivity index (χ4n) is 1.83. The molecule has 4 heteroatoms. The number of benzene rings is 1. The summed E-state index contributed by atoms with van der Waals surface area (Å²) in [6, 6.07) is 11.8. The number of rotatable bonds is 1. The van der Waals surface area contributed by atoms with E-state index in [2.05, 4.69) is 17.1 Å². The molecule has 0 N–H and O–H groups in total. The Morgan fingerprint density at radius 3 is 2.88 bits per heavy atom. The molecular formula is C12H10N2OS. The number of fused-ring (bicyclic) bond motifs is 1. The van der Waals surface area contributed by atoms with E-state index in [1.165, 1.54) is 11.6 Å². The van der Waals surface area contributed by atoms with Crippen LogP contribution in [0.2, 0.25) is 0 Å². The molecule has 1 atom stereocenters. The van der Waals surface area contributed by atoms with Crippen LogP contribution < -0.4 is 5.56 Å². The smallest absolute Gasteiger partial charge is 0.273 e. The number of nitrogens with zero attached hydrogens (tertiary/aromatic N) is 2. The molecule has 0 saturated carbocycles. The second-order valence-electron chi connectivity index (χ2n) is 3.72. The Hall–Kier alpha value is -1.55. The third-order valence-corrected chi connectivity index (χ3v) is 3.87. The van der Waals surface area contributed by atoms with Crippen LogP contribution in [0.5, 0.6) is 0 Å². The third kappa shape index (κ3) is 1.65. The quantitative estimate of drug-likeness (QED) is 0.704. The highest BCUT2D eigenvalue weighted by Gasteiger charge is 2.23. The molecular weight excluding hydrogens is 220 g/mol. The fourth-order valence-corrected chi connectivity index (χ4v) is 3.03. The van der Waals surface area contributed by atoms with Gasteiger partial charge in [0.25, 0.3) is 5.56 Å². The third-order valence-electron chi connectivity index (χ3n) is 2.63. The maximum atomic E-state index is 11.1. The maximum absolute atomic E-state index is 11.1. The molecule has 1 aliphatic rings. The molecule has 0 spiro atoms. The van der Waals surface area contributed by atoms with Gasteiger partial charge in [-0.25, -0.2) is 0 Å². The monoisotopic (exact) mass is 230 g/mol. The largest absolute Gasteiger partial charge is 0.326 e. The summed E-state index contributed by atoms with van der Waals surface area (Å²) in [5, 5.41) is 1.19. The summed E-state index contributed by atoms with van der Waals surface area (Å²) in [5.74, 6) is 0. The van der Waals surface area contributed by atoms with E-state index < -0.39 is 0 Å². The number of aromatic nitrogens is 2. The summed E-state index contributed by atoms with van der Waals surface area (Å²) < 4.78 is 2.03. The molecule has 1 aliphatic heterocycles. The molecule has 2 heterocycles. The molecule has 1 aromatic heterocycles. The molecule has 0 aliphatic carbocycles. The molecule has 3 rings (SSSR count). The van der Waals surface area contributed by atoms with Crippen molar-refractivity contribution in [2.24, 2.45) is 0 Å². The van der Waals surface area contributed by atoms with E-state index in [1.807, 2.05) is 29.0 Å². The van der Waals surface area contributed by atoms with Gasteiger partial charge >= 0.3 is 0 Å². The van der Waals surface area contributed by atoms with Gasteiger partial charge in [-0.1, -0.05) is 42.1 Å². The van der Waals surface area contributed by atoms with Crippen LogP contribution in [-0.2, 0) is 6.54 Å². The van der Waals surface area contributed by atoms with Crippen molar-refractivity contribution in [3.05, 3.63) is 58.5 Å². The van der Waals surface area contributed by atoms with Gasteiger partial charge in [0.1, 0.15) is 0 Å². The van der Waals surface area contributed by atoms with Crippen molar-refractivity contribution in [1.82, 2.24) is 9.55 Å². The summed E-state index contributed by atoms with van der Waals surface area (Å²) in [6.07, 6.45) is 1.82. The number of hydrogen-bond donors (Lipinski definition) is 0. The SMILES string of the molecule is O=c1ccn2c(n1)S[C@H](c1ccccc1)C2. The molecule has 0 amide bonds. The highest BCUT2D eigenvalue weighted by molar-refractivity contribution is 7.99. The first kappa shape index (κ1) is 9.66. The molecule has 1 aromatic carbocycles. The van der Waals surface area contributed by atoms with Gasteiger partial charge in [0, 0.05) is 18.8 Å². The van der Waals surface area contributed by atoms with Gasteiger partial charge in [-0.15, -0.1) is 0 Å². The van der Waals surface area contributed by atoms with Crippen LogP contribution in [-0.4, -0.2) is 9.55 Å². The van der Waals surface area contributed by atoms with Crippen molar-refractivity contribution in [1.29, 1.82) is 0 Å². The summed E-state index contributed by atoms with van der Waals surface area (Å²) in [6.45, 7) is 0.886. The Kier molecular flexibility index (Phi) is 2.29. The highest BCUT2D eigenvalue weighted by atomic mass is 32.2. The van der Waals surface area contributed by atoms with Gasteiger partial charge in [0.05, 0.1) is 5.25 Å². The lowest BCUT2D eigenvalue weighted by molar-refractivity contribution is 0.631. The maximum Gasteiger partial charge on any atom is 0.273 e. The minimum Gasteiger partial charge on any atom is -0.326 e. The predicted octanol–water partition coefficient (Wildman–Crippen LogP) is 2.09. The Morgan fingerprint density at radius 1 is 1.25 bits per heavy atom. The molecule has 80 valence electrons. The molecule has 3 nitrogen and oxygen atoms in total. The molecule has 0 fully saturated rings. The van der Waals surface area contributed by atoms with Crippen molar-refractivity contribution >= 4 is 11.8 Å². The van der Waals surface area contributed by atoms with E-state index >= 15 is 0 Å². The van der Waals surface area contributed by atoms with Crippen LogP contribution in [0.15, 0.2) is 52.5 Å². The zero-order chi connectivity index (χ0) is 11.0. The first-order valence-corrected chi connectivity index (χ1v) is 6.00. The lowest BCUT2D eigenvalue weighted by Gasteiger charge is -2.06. The summed E-state index contributed by atoms with van der Waals surface area (Å²) in [7, 11) is 0. The van der Waals surface area contributed by atoms with E-state index in [-0.39, 0.29) is 5.56 Å². The predicted molar refractivity (Wildman–Crippen MR) is 63.5 cm³/mol. The molecule has 0 bridgehead atoms. The van der Waals surface area contributed by atoms with Crippen LogP contribution in [0.1, 0.15) is 10.8 Å². The topological polar surface area (TPSA) is 34.9 Å². The van der Waals surface area contributed by atoms with E-state index in [9.17, 15) is 4.79 Å². The lowest BCUT2D eigenvalue weighted by Crippen LogP contribution is -2.09. The van der Waals surface area contributed by atoms with Crippen molar-refractivity contribution in [3.8, 4) is 0 Å². The zero-order valence-corrected chi connectivity index (χ0v) is 9.35. The Balaban J connectivity index is 1.94. The minimum atomic E-state index is -0.160. The summed E-state index contributed by atoms with van der Waals surface area (Å²) in [5.41, 5.74) is 1.12. The van der Waals surface area contributed by atoms with E-state index in [1.54, 1.807) is 11.8 Å². The Bertz CT molecular complexity index is 565. The van der Waals surface area contributed by atoms with E-state index in [0.29, 0.717) is 5.25 Å². The standard InChI is InChI=1S/C12H10N2OS/c15-11-6-7-14-8-10(16-12(14)13-11)9-4-2-1-3-5-9/h1-7,10H,8H2/t10-/m0/s1. The molecule has 0 unspecified atom stereocenters. The van der Waals surface area contributed by atoms with Crippen LogP contribution >= 0.6 is 11.8 Å². The Labute approximate surface area is 97.1 Å². The zero-order valence-electron chi connectivity index (χ0n) is 8.54. The average Bonchev–Trinajstić information content (AvgIpc) is 2.73. The van der Waals surface area contributed by atoms with Crippen LogP contribution in [0.4, 0.5) is 0 Å². The molecule has 0 radical (unpaired) electrons. The van der Waals surface area contributed by atoms with Crippen molar-refractivity contribution in [2.45, 2.75) is 17.0 Å². The first-order chi connectivity index (χ1) is 7.83. The Morgan fingerprint density at radius 2 is 2.06 bits per heavy atom. The normalized spacial score (nSPS) is 18.4. The van der Waals surface area contributed by atoms with Crippen molar-refractivity contribution < 1.29 is 0 Å². The highest BCUT2D eigenvalue weighted by Crippen LogP contribution is 2.40. The second-order valence-corrected chi connectivity index (χ2v) is 4.89. The first-order valence-electron chi connectivity index (χ1n) is 5.12. The van der Waals surface area contributed by atoms with Gasteiger partial charge in [-0.05, 0) is 5.56 Å².